The van der Waals surface area contributed by atoms with Gasteiger partial charge in [0, 0.05) is 12.1 Å². The van der Waals surface area contributed by atoms with E-state index < -0.39 is 5.60 Å². The predicted molar refractivity (Wildman–Crippen MR) is 207 cm³/mol. The first-order chi connectivity index (χ1) is 22.0. The monoisotopic (exact) mass is 669 g/mol. The average Bonchev–Trinajstić information content (AvgIpc) is 3.53. The molecule has 6 atom stereocenters. The van der Waals surface area contributed by atoms with E-state index in [1.165, 1.54) is 25.7 Å². The molecular formula is C45H82NO2+. The van der Waals surface area contributed by atoms with Gasteiger partial charge in [0.05, 0.1) is 5.92 Å². The number of ether oxygens (including phenoxy) is 1. The highest BCUT2D eigenvalue weighted by Crippen LogP contribution is 2.62. The summed E-state index contributed by atoms with van der Waals surface area (Å²) in [6.45, 7) is 41.7. The van der Waals surface area contributed by atoms with Crippen molar-refractivity contribution in [1.29, 1.82) is 0 Å². The van der Waals surface area contributed by atoms with Crippen LogP contribution in [0.1, 0.15) is 175 Å². The minimum absolute atomic E-state index is 0.00485. The van der Waals surface area contributed by atoms with Gasteiger partial charge in [-0.25, -0.2) is 4.57 Å². The number of carbonyl (C=O) groups is 1. The summed E-state index contributed by atoms with van der Waals surface area (Å²) in [6, 6.07) is 6.12. The normalized spacial score (nSPS) is 21.1. The molecule has 278 valence electrons. The van der Waals surface area contributed by atoms with Crippen molar-refractivity contribution >= 4 is 5.97 Å². The fourth-order valence-electron chi connectivity index (χ4n) is 10.3. The summed E-state index contributed by atoms with van der Waals surface area (Å²) >= 11 is 0. The number of aromatic nitrogens is 1. The molecular weight excluding hydrogens is 587 g/mol. The van der Waals surface area contributed by atoms with Crippen molar-refractivity contribution < 1.29 is 14.1 Å². The van der Waals surface area contributed by atoms with Crippen LogP contribution in [0.15, 0.2) is 30.6 Å². The van der Waals surface area contributed by atoms with Gasteiger partial charge in [-0.3, -0.25) is 4.79 Å². The molecule has 2 rings (SSSR count). The Balaban J connectivity index is 2.62. The highest BCUT2D eigenvalue weighted by Gasteiger charge is 2.56. The Morgan fingerprint density at radius 2 is 1.35 bits per heavy atom. The number of hydrogen-bond acceptors (Lipinski definition) is 2. The minimum atomic E-state index is -0.622. The van der Waals surface area contributed by atoms with Gasteiger partial charge in [-0.2, -0.15) is 0 Å². The van der Waals surface area contributed by atoms with Crippen LogP contribution in [0.2, 0.25) is 0 Å². The number of pyridine rings is 1. The van der Waals surface area contributed by atoms with Gasteiger partial charge < -0.3 is 4.74 Å². The summed E-state index contributed by atoms with van der Waals surface area (Å²) in [5.74, 6) is 2.92. The minimum Gasteiger partial charge on any atom is -0.453 e. The first-order valence-electron chi connectivity index (χ1n) is 20.2. The highest BCUT2D eigenvalue weighted by molar-refractivity contribution is 5.74. The molecule has 3 heteroatoms. The second-order valence-corrected chi connectivity index (χ2v) is 19.8. The molecule has 1 saturated carbocycles. The molecule has 0 radical (unpaired) electrons. The maximum atomic E-state index is 14.9. The van der Waals surface area contributed by atoms with Crippen LogP contribution in [0.3, 0.4) is 0 Å². The molecule has 0 saturated heterocycles. The van der Waals surface area contributed by atoms with Crippen molar-refractivity contribution in [3.63, 3.8) is 0 Å². The molecule has 1 heterocycles. The molecule has 3 nitrogen and oxygen atoms in total. The molecule has 4 unspecified atom stereocenters. The lowest BCUT2D eigenvalue weighted by atomic mass is 9.49. The van der Waals surface area contributed by atoms with Gasteiger partial charge in [0.25, 0.3) is 0 Å². The smallest absolute Gasteiger partial charge is 0.310 e. The van der Waals surface area contributed by atoms with E-state index >= 15 is 0 Å². The first kappa shape index (κ1) is 42.8. The third-order valence-electron chi connectivity index (χ3n) is 15.4. The molecule has 0 spiro atoms. The zero-order valence-electron chi connectivity index (χ0n) is 35.2. The van der Waals surface area contributed by atoms with Gasteiger partial charge in [-0.15, -0.1) is 0 Å². The number of rotatable bonds is 19. The Kier molecular flexibility index (Phi) is 14.5. The van der Waals surface area contributed by atoms with E-state index in [0.717, 1.165) is 38.0 Å². The third-order valence-corrected chi connectivity index (χ3v) is 15.4. The Hall–Kier alpha value is -1.38. The molecule has 0 bridgehead atoms. The van der Waals surface area contributed by atoms with Crippen LogP contribution in [-0.2, 0) is 16.1 Å². The van der Waals surface area contributed by atoms with Crippen LogP contribution in [0.25, 0.3) is 0 Å². The van der Waals surface area contributed by atoms with E-state index in [-0.39, 0.29) is 39.0 Å². The zero-order chi connectivity index (χ0) is 36.9. The maximum absolute atomic E-state index is 14.9. The SMILES string of the molecule is CCC[C@H](C(C)(CC)CC)C(C)(C)C(CC(C)(C)C(C)(C)C1CCCC1C(C)(C)[C@H](C)C(C)CC)C(=O)OC(C)(C)C[n+]1ccccc1. The van der Waals surface area contributed by atoms with E-state index in [9.17, 15) is 4.79 Å². The van der Waals surface area contributed by atoms with Gasteiger partial charge >= 0.3 is 5.97 Å². The van der Waals surface area contributed by atoms with E-state index in [2.05, 4.69) is 135 Å². The zero-order valence-corrected chi connectivity index (χ0v) is 35.2. The van der Waals surface area contributed by atoms with Gasteiger partial charge in [-0.1, -0.05) is 142 Å². The number of esters is 1. The van der Waals surface area contributed by atoms with Crippen LogP contribution in [0.5, 0.6) is 0 Å². The number of nitrogens with zero attached hydrogens (tertiary/aromatic N) is 1. The van der Waals surface area contributed by atoms with Crippen molar-refractivity contribution in [2.75, 3.05) is 0 Å². The van der Waals surface area contributed by atoms with E-state index in [1.807, 2.05) is 18.2 Å². The summed E-state index contributed by atoms with van der Waals surface area (Å²) in [7, 11) is 0. The number of hydrogen-bond donors (Lipinski definition) is 0. The van der Waals surface area contributed by atoms with Crippen molar-refractivity contribution in [3.05, 3.63) is 30.6 Å². The van der Waals surface area contributed by atoms with E-state index in [4.69, 9.17) is 4.74 Å². The molecule has 1 aliphatic carbocycles. The van der Waals surface area contributed by atoms with Gasteiger partial charge in [0.15, 0.2) is 24.5 Å². The Morgan fingerprint density at radius 3 is 1.85 bits per heavy atom. The Morgan fingerprint density at radius 1 is 0.812 bits per heavy atom. The van der Waals surface area contributed by atoms with Crippen molar-refractivity contribution in [1.82, 2.24) is 0 Å². The third kappa shape index (κ3) is 9.29. The first-order valence-corrected chi connectivity index (χ1v) is 20.2. The largest absolute Gasteiger partial charge is 0.453 e. The number of carbonyl (C=O) groups excluding carboxylic acids is 1. The second kappa shape index (κ2) is 16.3. The molecule has 1 aromatic rings. The van der Waals surface area contributed by atoms with Crippen LogP contribution in [0, 0.1) is 62.6 Å². The molecule has 0 aromatic carbocycles. The summed E-state index contributed by atoms with van der Waals surface area (Å²) in [6.07, 6.45) is 14.6. The summed E-state index contributed by atoms with van der Waals surface area (Å²) in [5, 5.41) is 0. The highest BCUT2D eigenvalue weighted by atomic mass is 16.6. The molecule has 48 heavy (non-hydrogen) atoms. The second-order valence-electron chi connectivity index (χ2n) is 19.8. The lowest BCUT2D eigenvalue weighted by Gasteiger charge is -2.55. The van der Waals surface area contributed by atoms with Crippen LogP contribution < -0.4 is 4.57 Å². The molecule has 1 aromatic heterocycles. The van der Waals surface area contributed by atoms with Crippen LogP contribution >= 0.6 is 0 Å². The van der Waals surface area contributed by atoms with Crippen LogP contribution in [-0.4, -0.2) is 11.6 Å². The quantitative estimate of drug-likeness (QED) is 0.108. The summed E-state index contributed by atoms with van der Waals surface area (Å²) in [5.41, 5.74) is -0.416. The van der Waals surface area contributed by atoms with Gasteiger partial charge in [-0.05, 0) is 96.2 Å². The molecule has 0 N–H and O–H groups in total. The van der Waals surface area contributed by atoms with Crippen molar-refractivity contribution in [2.24, 2.45) is 62.6 Å². The fourth-order valence-corrected chi connectivity index (χ4v) is 10.3. The average molecular weight is 669 g/mol. The fraction of sp³-hybridized carbons (Fsp3) is 0.867. The predicted octanol–water partition coefficient (Wildman–Crippen LogP) is 12.7. The summed E-state index contributed by atoms with van der Waals surface area (Å²) in [4.78, 5) is 14.9. The van der Waals surface area contributed by atoms with Gasteiger partial charge in [0.2, 0.25) is 0 Å². The molecule has 1 fully saturated rings. The van der Waals surface area contributed by atoms with E-state index in [0.29, 0.717) is 30.2 Å². The molecule has 1 aliphatic rings. The van der Waals surface area contributed by atoms with Crippen molar-refractivity contribution in [3.8, 4) is 0 Å². The van der Waals surface area contributed by atoms with Gasteiger partial charge in [0.1, 0.15) is 0 Å². The summed E-state index contributed by atoms with van der Waals surface area (Å²) < 4.78 is 8.80. The van der Waals surface area contributed by atoms with Crippen molar-refractivity contribution in [2.45, 2.75) is 188 Å². The molecule has 0 amide bonds. The molecule has 0 aliphatic heterocycles. The Bertz CT molecular complexity index is 1120. The lowest BCUT2D eigenvalue weighted by molar-refractivity contribution is -0.708. The standard InChI is InChI=1S/C45H82NO2/c1-18-26-38(45(17,20-3)21-4)43(13,14)37(39(47)48-41(9,10)32-46-29-23-22-24-30-46)31-40(7,8)44(15,16)36-28-25-27-35(36)42(11,12)34(6)33(5)19-2/h22-24,29-30,33-38H,18-21,25-28,31-32H2,1-17H3/q+1/t33?,34-,35?,36?,37?,38+/m1/s1. The lowest BCUT2D eigenvalue weighted by Crippen LogP contribution is -2.52. The Labute approximate surface area is 300 Å². The van der Waals surface area contributed by atoms with Crippen LogP contribution in [0.4, 0.5) is 0 Å². The van der Waals surface area contributed by atoms with E-state index in [1.54, 1.807) is 0 Å². The maximum Gasteiger partial charge on any atom is 0.310 e. The topological polar surface area (TPSA) is 30.2 Å².